The van der Waals surface area contributed by atoms with Crippen molar-refractivity contribution in [2.45, 2.75) is 38.4 Å². The number of amides is 2. The van der Waals surface area contributed by atoms with E-state index < -0.39 is 5.91 Å². The Kier molecular flexibility index (Phi) is 2.61. The van der Waals surface area contributed by atoms with E-state index in [1.165, 1.54) is 0 Å². The summed E-state index contributed by atoms with van der Waals surface area (Å²) < 4.78 is 0. The number of rotatable bonds is 1. The summed E-state index contributed by atoms with van der Waals surface area (Å²) in [7, 11) is 1.88. The van der Waals surface area contributed by atoms with E-state index in [4.69, 9.17) is 5.73 Å². The van der Waals surface area contributed by atoms with Gasteiger partial charge in [0.1, 0.15) is 11.7 Å². The molecule has 1 saturated heterocycles. The van der Waals surface area contributed by atoms with Crippen molar-refractivity contribution in [1.82, 2.24) is 9.80 Å². The number of hydrogen-bond acceptors (Lipinski definition) is 3. The minimum atomic E-state index is -0.645. The monoisotopic (exact) mass is 223 g/mol. The summed E-state index contributed by atoms with van der Waals surface area (Å²) in [5.41, 5.74) is 5.30. The van der Waals surface area contributed by atoms with Gasteiger partial charge in [0.2, 0.25) is 0 Å². The molecule has 16 heavy (non-hydrogen) atoms. The van der Waals surface area contributed by atoms with Crippen LogP contribution in [0.2, 0.25) is 0 Å². The summed E-state index contributed by atoms with van der Waals surface area (Å²) in [6, 6.07) is 0.178. The van der Waals surface area contributed by atoms with Gasteiger partial charge in [0.15, 0.2) is 0 Å². The van der Waals surface area contributed by atoms with Crippen molar-refractivity contribution in [3.8, 4) is 0 Å². The molecule has 2 unspecified atom stereocenters. The highest BCUT2D eigenvalue weighted by Gasteiger charge is 2.39. The van der Waals surface area contributed by atoms with Gasteiger partial charge in [0.05, 0.1) is 0 Å². The lowest BCUT2D eigenvalue weighted by molar-refractivity contribution is -0.141. The van der Waals surface area contributed by atoms with E-state index in [-0.39, 0.29) is 23.7 Å². The first-order valence-corrected chi connectivity index (χ1v) is 5.58. The molecule has 0 bridgehead atoms. The van der Waals surface area contributed by atoms with Crippen LogP contribution in [0.15, 0.2) is 11.8 Å². The van der Waals surface area contributed by atoms with Crippen molar-refractivity contribution in [2.24, 2.45) is 5.73 Å². The third kappa shape index (κ3) is 1.56. The van der Waals surface area contributed by atoms with Crippen molar-refractivity contribution < 1.29 is 9.59 Å². The summed E-state index contributed by atoms with van der Waals surface area (Å²) >= 11 is 0. The third-order valence-corrected chi connectivity index (χ3v) is 3.41. The number of hydrogen-bond donors (Lipinski definition) is 1. The molecule has 0 spiro atoms. The highest BCUT2D eigenvalue weighted by molar-refractivity contribution is 6.18. The Hall–Kier alpha value is -1.52. The second-order valence-corrected chi connectivity index (χ2v) is 4.55. The minimum absolute atomic E-state index is 0.0827. The number of fused-ring (bicyclic) bond motifs is 1. The summed E-state index contributed by atoms with van der Waals surface area (Å²) in [5, 5.41) is 0. The first kappa shape index (κ1) is 11.0. The summed E-state index contributed by atoms with van der Waals surface area (Å²) in [6.45, 7) is 2.02. The molecular weight excluding hydrogens is 206 g/mol. The van der Waals surface area contributed by atoms with Gasteiger partial charge in [-0.05, 0) is 26.2 Å². The van der Waals surface area contributed by atoms with Gasteiger partial charge in [-0.25, -0.2) is 0 Å². The Morgan fingerprint density at radius 1 is 1.50 bits per heavy atom. The first-order valence-electron chi connectivity index (χ1n) is 5.58. The lowest BCUT2D eigenvalue weighted by Crippen LogP contribution is -2.58. The van der Waals surface area contributed by atoms with Crippen LogP contribution in [0, 0.1) is 0 Å². The van der Waals surface area contributed by atoms with Crippen LogP contribution >= 0.6 is 0 Å². The molecule has 2 aliphatic heterocycles. The predicted molar refractivity (Wildman–Crippen MR) is 59.0 cm³/mol. The zero-order valence-corrected chi connectivity index (χ0v) is 9.64. The van der Waals surface area contributed by atoms with Crippen LogP contribution in [0.3, 0.4) is 0 Å². The molecule has 88 valence electrons. The molecule has 2 rings (SSSR count). The maximum atomic E-state index is 12.1. The SMILES string of the molecule is CC1CCCC2N(C)C=C(C(N)=O)C(=O)N12. The molecule has 0 saturated carbocycles. The molecule has 1 fully saturated rings. The summed E-state index contributed by atoms with van der Waals surface area (Å²) in [6.07, 6.45) is 4.71. The van der Waals surface area contributed by atoms with E-state index in [1.54, 1.807) is 11.1 Å². The van der Waals surface area contributed by atoms with E-state index in [1.807, 2.05) is 18.9 Å². The lowest BCUT2D eigenvalue weighted by Gasteiger charge is -2.47. The molecule has 0 aromatic heterocycles. The molecule has 5 nitrogen and oxygen atoms in total. The molecule has 0 aromatic rings. The maximum absolute atomic E-state index is 12.1. The van der Waals surface area contributed by atoms with E-state index in [9.17, 15) is 9.59 Å². The van der Waals surface area contributed by atoms with Crippen LogP contribution in [-0.4, -0.2) is 40.9 Å². The molecule has 0 aliphatic carbocycles. The van der Waals surface area contributed by atoms with Gasteiger partial charge in [-0.2, -0.15) is 0 Å². The fraction of sp³-hybridized carbons (Fsp3) is 0.636. The van der Waals surface area contributed by atoms with E-state index in [0.717, 1.165) is 19.3 Å². The van der Waals surface area contributed by atoms with Crippen molar-refractivity contribution >= 4 is 11.8 Å². The quantitative estimate of drug-likeness (QED) is 0.638. The normalized spacial score (nSPS) is 29.9. The Morgan fingerprint density at radius 2 is 2.19 bits per heavy atom. The van der Waals surface area contributed by atoms with Gasteiger partial charge >= 0.3 is 0 Å². The van der Waals surface area contributed by atoms with Gasteiger partial charge in [-0.15, -0.1) is 0 Å². The van der Waals surface area contributed by atoms with Crippen molar-refractivity contribution in [3.63, 3.8) is 0 Å². The summed E-state index contributed by atoms with van der Waals surface area (Å²) in [4.78, 5) is 27.0. The molecule has 5 heteroatoms. The second kappa shape index (κ2) is 3.81. The van der Waals surface area contributed by atoms with E-state index in [0.29, 0.717) is 0 Å². The van der Waals surface area contributed by atoms with Gasteiger partial charge in [0.25, 0.3) is 11.8 Å². The van der Waals surface area contributed by atoms with Crippen molar-refractivity contribution in [2.75, 3.05) is 7.05 Å². The smallest absolute Gasteiger partial charge is 0.262 e. The van der Waals surface area contributed by atoms with Crippen LogP contribution in [-0.2, 0) is 9.59 Å². The average Bonchev–Trinajstić information content (AvgIpc) is 2.22. The van der Waals surface area contributed by atoms with Crippen LogP contribution in [0.1, 0.15) is 26.2 Å². The van der Waals surface area contributed by atoms with Gasteiger partial charge in [0, 0.05) is 19.3 Å². The number of carbonyl (C=O) groups excluding carboxylic acids is 2. The third-order valence-electron chi connectivity index (χ3n) is 3.41. The topological polar surface area (TPSA) is 66.6 Å². The van der Waals surface area contributed by atoms with Gasteiger partial charge in [-0.3, -0.25) is 9.59 Å². The molecular formula is C11H17N3O2. The Bertz CT molecular complexity index is 364. The Labute approximate surface area is 94.9 Å². The van der Waals surface area contributed by atoms with E-state index in [2.05, 4.69) is 0 Å². The largest absolute Gasteiger partial charge is 0.365 e. The zero-order chi connectivity index (χ0) is 11.9. The lowest BCUT2D eigenvalue weighted by atomic mass is 9.97. The van der Waals surface area contributed by atoms with Crippen molar-refractivity contribution in [1.29, 1.82) is 0 Å². The molecule has 2 heterocycles. The standard InChI is InChI=1S/C11H17N3O2/c1-7-4-3-5-9-13(2)6-8(10(12)15)11(16)14(7)9/h6-7,9H,3-5H2,1-2H3,(H2,12,15). The number of nitrogens with two attached hydrogens (primary N) is 1. The Balaban J connectivity index is 2.36. The molecule has 2 N–H and O–H groups in total. The molecule has 0 aromatic carbocycles. The first-order chi connectivity index (χ1) is 7.52. The average molecular weight is 223 g/mol. The van der Waals surface area contributed by atoms with Crippen LogP contribution in [0.4, 0.5) is 0 Å². The zero-order valence-electron chi connectivity index (χ0n) is 9.64. The van der Waals surface area contributed by atoms with Crippen LogP contribution in [0.25, 0.3) is 0 Å². The maximum Gasteiger partial charge on any atom is 0.262 e. The molecule has 0 radical (unpaired) electrons. The fourth-order valence-electron chi connectivity index (χ4n) is 2.56. The highest BCUT2D eigenvalue weighted by Crippen LogP contribution is 2.29. The number of piperidine rings is 1. The fourth-order valence-corrected chi connectivity index (χ4v) is 2.56. The van der Waals surface area contributed by atoms with Crippen LogP contribution < -0.4 is 5.73 Å². The number of primary amides is 1. The minimum Gasteiger partial charge on any atom is -0.365 e. The molecule has 2 amide bonds. The number of nitrogens with zero attached hydrogens (tertiary/aromatic N) is 2. The second-order valence-electron chi connectivity index (χ2n) is 4.55. The van der Waals surface area contributed by atoms with Gasteiger partial charge in [-0.1, -0.05) is 0 Å². The Morgan fingerprint density at radius 3 is 2.81 bits per heavy atom. The van der Waals surface area contributed by atoms with E-state index >= 15 is 0 Å². The number of carbonyl (C=O) groups is 2. The predicted octanol–water partition coefficient (Wildman–Crippen LogP) is 0.0281. The van der Waals surface area contributed by atoms with Crippen LogP contribution in [0.5, 0.6) is 0 Å². The molecule has 2 atom stereocenters. The summed E-state index contributed by atoms with van der Waals surface area (Å²) in [5.74, 6) is -0.865. The van der Waals surface area contributed by atoms with Crippen molar-refractivity contribution in [3.05, 3.63) is 11.8 Å². The molecule has 2 aliphatic rings. The van der Waals surface area contributed by atoms with Gasteiger partial charge < -0.3 is 15.5 Å². The highest BCUT2D eigenvalue weighted by atomic mass is 16.2.